The van der Waals surface area contributed by atoms with Gasteiger partial charge < -0.3 is 9.84 Å². The number of unbranched alkanes of at least 4 members (excludes halogenated alkanes) is 2. The standard InChI is InChI=1S/C19H34O2.C11H18O2.C5H12/c1-11(2)15-9-10-19(13(5)6,14(7)8)17(18(20)21)16(15)12(3)4;1-11(2,3)13-10(12)9-7-5-4-6-8-9;1-3-5-4-2/h11-15H,9-10H2,1-8H3,(H,20,21);7H,4-6,8H2,1-3H3;3-5H2,1-2H3. The van der Waals surface area contributed by atoms with Gasteiger partial charge in [-0.1, -0.05) is 100 Å². The number of esters is 1. The minimum absolute atomic E-state index is 0.132. The third kappa shape index (κ3) is 11.4. The van der Waals surface area contributed by atoms with Crippen LogP contribution in [0.2, 0.25) is 0 Å². The molecule has 1 atom stereocenters. The summed E-state index contributed by atoms with van der Waals surface area (Å²) in [6.45, 7) is 27.6. The molecular weight excluding hydrogens is 484 g/mol. The first kappa shape index (κ1) is 37.4. The molecular formula is C35H64O4. The number of carbonyl (C=O) groups is 2. The topological polar surface area (TPSA) is 63.6 Å². The lowest BCUT2D eigenvalue weighted by Gasteiger charge is -2.49. The van der Waals surface area contributed by atoms with E-state index >= 15 is 0 Å². The molecule has 2 aliphatic carbocycles. The van der Waals surface area contributed by atoms with Crippen molar-refractivity contribution in [1.29, 1.82) is 0 Å². The van der Waals surface area contributed by atoms with Crippen molar-refractivity contribution in [3.8, 4) is 0 Å². The van der Waals surface area contributed by atoms with E-state index in [2.05, 4.69) is 69.2 Å². The molecule has 0 saturated carbocycles. The van der Waals surface area contributed by atoms with Crippen LogP contribution < -0.4 is 0 Å². The van der Waals surface area contributed by atoms with E-state index in [0.717, 1.165) is 43.3 Å². The molecule has 0 aromatic carbocycles. The Morgan fingerprint density at radius 3 is 1.82 bits per heavy atom. The van der Waals surface area contributed by atoms with Gasteiger partial charge in [-0.3, -0.25) is 0 Å². The number of rotatable bonds is 8. The molecule has 4 heteroatoms. The number of aliphatic carboxylic acids is 1. The van der Waals surface area contributed by atoms with Crippen molar-refractivity contribution < 1.29 is 19.4 Å². The largest absolute Gasteiger partial charge is 0.478 e. The van der Waals surface area contributed by atoms with Crippen LogP contribution in [0, 0.1) is 35.0 Å². The number of allylic oxidation sites excluding steroid dienone is 2. The van der Waals surface area contributed by atoms with Gasteiger partial charge in [-0.15, -0.1) is 0 Å². The lowest BCUT2D eigenvalue weighted by Crippen LogP contribution is -2.44. The van der Waals surface area contributed by atoms with Gasteiger partial charge in [0.05, 0.1) is 0 Å². The van der Waals surface area contributed by atoms with Gasteiger partial charge in [-0.05, 0) is 88.9 Å². The number of ether oxygens (including phenoxy) is 1. The van der Waals surface area contributed by atoms with E-state index in [4.69, 9.17) is 4.74 Å². The molecule has 39 heavy (non-hydrogen) atoms. The molecule has 0 aliphatic heterocycles. The predicted molar refractivity (Wildman–Crippen MR) is 167 cm³/mol. The van der Waals surface area contributed by atoms with Crippen LogP contribution in [0.4, 0.5) is 0 Å². The van der Waals surface area contributed by atoms with Gasteiger partial charge in [-0.25, -0.2) is 9.59 Å². The first-order chi connectivity index (χ1) is 18.0. The molecule has 2 rings (SSSR count). The van der Waals surface area contributed by atoms with Crippen molar-refractivity contribution in [2.24, 2.45) is 35.0 Å². The third-order valence-electron chi connectivity index (χ3n) is 8.38. The number of carboxylic acid groups (broad SMARTS) is 1. The Balaban J connectivity index is 0.000000678. The van der Waals surface area contributed by atoms with E-state index < -0.39 is 5.97 Å². The fourth-order valence-electron chi connectivity index (χ4n) is 6.40. The summed E-state index contributed by atoms with van der Waals surface area (Å²) in [4.78, 5) is 23.7. The average molecular weight is 549 g/mol. The van der Waals surface area contributed by atoms with Crippen LogP contribution in [0.5, 0.6) is 0 Å². The van der Waals surface area contributed by atoms with E-state index in [1.807, 2.05) is 26.8 Å². The Kier molecular flexibility index (Phi) is 16.6. The fourth-order valence-corrected chi connectivity index (χ4v) is 6.40. The van der Waals surface area contributed by atoms with Crippen molar-refractivity contribution in [2.45, 2.75) is 153 Å². The van der Waals surface area contributed by atoms with Gasteiger partial charge in [0.15, 0.2) is 0 Å². The lowest BCUT2D eigenvalue weighted by atomic mass is 9.54. The van der Waals surface area contributed by atoms with Crippen LogP contribution in [0.1, 0.15) is 148 Å². The minimum Gasteiger partial charge on any atom is -0.478 e. The number of carbonyl (C=O) groups excluding carboxylic acids is 1. The highest BCUT2D eigenvalue weighted by molar-refractivity contribution is 5.90. The van der Waals surface area contributed by atoms with Crippen LogP contribution in [-0.4, -0.2) is 22.6 Å². The normalized spacial score (nSPS) is 19.3. The molecule has 0 radical (unpaired) electrons. The molecule has 0 aromatic rings. The maximum Gasteiger partial charge on any atom is 0.334 e. The van der Waals surface area contributed by atoms with E-state index in [1.165, 1.54) is 31.3 Å². The number of hydrogen-bond donors (Lipinski definition) is 1. The smallest absolute Gasteiger partial charge is 0.334 e. The second-order valence-electron chi connectivity index (χ2n) is 13.9. The molecule has 1 unspecified atom stereocenters. The Hall–Kier alpha value is -1.58. The highest BCUT2D eigenvalue weighted by atomic mass is 16.6. The molecule has 0 amide bonds. The summed E-state index contributed by atoms with van der Waals surface area (Å²) in [6.07, 6.45) is 12.4. The second kappa shape index (κ2) is 17.3. The summed E-state index contributed by atoms with van der Waals surface area (Å²) in [5.41, 5.74) is 2.27. The Labute approximate surface area is 242 Å². The van der Waals surface area contributed by atoms with Crippen molar-refractivity contribution in [3.63, 3.8) is 0 Å². The molecule has 0 aromatic heterocycles. The molecule has 2 aliphatic rings. The maximum absolute atomic E-state index is 12.2. The summed E-state index contributed by atoms with van der Waals surface area (Å²) >= 11 is 0. The molecule has 1 N–H and O–H groups in total. The molecule has 4 nitrogen and oxygen atoms in total. The zero-order chi connectivity index (χ0) is 30.6. The van der Waals surface area contributed by atoms with Gasteiger partial charge in [0, 0.05) is 16.6 Å². The molecule has 0 bridgehead atoms. The fraction of sp³-hybridized carbons (Fsp3) is 0.829. The van der Waals surface area contributed by atoms with Crippen molar-refractivity contribution in [1.82, 2.24) is 0 Å². The Morgan fingerprint density at radius 2 is 1.51 bits per heavy atom. The van der Waals surface area contributed by atoms with Gasteiger partial charge >= 0.3 is 11.9 Å². The highest BCUT2D eigenvalue weighted by Gasteiger charge is 2.49. The van der Waals surface area contributed by atoms with E-state index in [1.54, 1.807) is 0 Å². The first-order valence-corrected chi connectivity index (χ1v) is 15.9. The van der Waals surface area contributed by atoms with Crippen LogP contribution in [0.15, 0.2) is 22.8 Å². The molecule has 0 heterocycles. The molecule has 0 saturated heterocycles. The number of hydrogen-bond acceptors (Lipinski definition) is 3. The molecule has 0 fully saturated rings. The highest BCUT2D eigenvalue weighted by Crippen LogP contribution is 2.55. The zero-order valence-electron chi connectivity index (χ0n) is 28.0. The lowest BCUT2D eigenvalue weighted by molar-refractivity contribution is -0.150. The Bertz CT molecular complexity index is 795. The monoisotopic (exact) mass is 548 g/mol. The summed E-state index contributed by atoms with van der Waals surface area (Å²) in [5.74, 6) is 1.12. The van der Waals surface area contributed by atoms with Crippen molar-refractivity contribution in [2.75, 3.05) is 0 Å². The zero-order valence-corrected chi connectivity index (χ0v) is 28.0. The second-order valence-corrected chi connectivity index (χ2v) is 13.9. The summed E-state index contributed by atoms with van der Waals surface area (Å²) < 4.78 is 5.27. The van der Waals surface area contributed by atoms with Crippen molar-refractivity contribution >= 4 is 11.9 Å². The van der Waals surface area contributed by atoms with E-state index in [0.29, 0.717) is 29.6 Å². The van der Waals surface area contributed by atoms with Crippen LogP contribution in [0.3, 0.4) is 0 Å². The van der Waals surface area contributed by atoms with E-state index in [9.17, 15) is 14.7 Å². The van der Waals surface area contributed by atoms with Gasteiger partial charge in [0.2, 0.25) is 0 Å². The van der Waals surface area contributed by atoms with Gasteiger partial charge in [0.25, 0.3) is 0 Å². The third-order valence-corrected chi connectivity index (χ3v) is 8.38. The van der Waals surface area contributed by atoms with Gasteiger partial charge in [0.1, 0.15) is 5.60 Å². The minimum atomic E-state index is -0.688. The summed E-state index contributed by atoms with van der Waals surface area (Å²) in [6, 6.07) is 0. The number of carboxylic acids is 1. The van der Waals surface area contributed by atoms with Crippen LogP contribution >= 0.6 is 0 Å². The predicted octanol–water partition coefficient (Wildman–Crippen LogP) is 10.4. The Morgan fingerprint density at radius 1 is 0.974 bits per heavy atom. The quantitative estimate of drug-likeness (QED) is 0.306. The molecule has 0 spiro atoms. The van der Waals surface area contributed by atoms with E-state index in [-0.39, 0.29) is 17.0 Å². The molecule has 228 valence electrons. The summed E-state index contributed by atoms with van der Waals surface area (Å²) in [7, 11) is 0. The SMILES string of the molecule is CC(C)(C)OC(=O)C1=CCCCC1.CC(C)C1=C(C(=O)O)C(C(C)C)(C(C)C)CCC1C(C)C.CCCCC. The van der Waals surface area contributed by atoms with Gasteiger partial charge in [-0.2, -0.15) is 0 Å². The first-order valence-electron chi connectivity index (χ1n) is 15.9. The average Bonchev–Trinajstić information content (AvgIpc) is 2.83. The van der Waals surface area contributed by atoms with Crippen LogP contribution in [-0.2, 0) is 14.3 Å². The maximum atomic E-state index is 12.2. The van der Waals surface area contributed by atoms with Crippen molar-refractivity contribution in [3.05, 3.63) is 22.8 Å². The summed E-state index contributed by atoms with van der Waals surface area (Å²) in [5, 5.41) is 10.0. The van der Waals surface area contributed by atoms with Crippen LogP contribution in [0.25, 0.3) is 0 Å².